The zero-order valence-electron chi connectivity index (χ0n) is 29.2. The van der Waals surface area contributed by atoms with Gasteiger partial charge in [-0.25, -0.2) is 4.79 Å². The number of thioether (sulfide) groups is 1. The summed E-state index contributed by atoms with van der Waals surface area (Å²) in [5.41, 5.74) is 4.21. The second kappa shape index (κ2) is 16.5. The Balaban J connectivity index is 0.00000451. The maximum Gasteiger partial charge on any atom is 1.00 e. The van der Waals surface area contributed by atoms with Crippen LogP contribution in [0.25, 0.3) is 11.1 Å². The number of rotatable bonds is 13. The third-order valence-corrected chi connectivity index (χ3v) is 12.2. The second-order valence-corrected chi connectivity index (χ2v) is 16.1. The van der Waals surface area contributed by atoms with E-state index in [-0.39, 0.29) is 30.4 Å². The summed E-state index contributed by atoms with van der Waals surface area (Å²) < 4.78 is 0. The number of carboxylic acids is 1. The number of hydrogen-bond donors (Lipinski definition) is 2. The Morgan fingerprint density at radius 1 is 0.958 bits per heavy atom. The van der Waals surface area contributed by atoms with Gasteiger partial charge in [0.15, 0.2) is 0 Å². The molecule has 2 N–H and O–H groups in total. The van der Waals surface area contributed by atoms with Crippen molar-refractivity contribution in [3.05, 3.63) is 59.2 Å². The number of nitrogens with one attached hydrogen (secondary N) is 2. The van der Waals surface area contributed by atoms with Gasteiger partial charge in [0.2, 0.25) is 0 Å². The maximum absolute atomic E-state index is 14.1. The van der Waals surface area contributed by atoms with Crippen molar-refractivity contribution >= 4 is 29.7 Å². The van der Waals surface area contributed by atoms with Crippen LogP contribution < -0.4 is 34.6 Å². The molecule has 1 atom stereocenters. The molecule has 7 nitrogen and oxygen atoms in total. The Morgan fingerprint density at radius 2 is 1.62 bits per heavy atom. The molecule has 5 saturated carbocycles. The molecule has 0 spiro atoms. The average Bonchev–Trinajstić information content (AvgIpc) is 3.04. The Bertz CT molecular complexity index is 1410. The van der Waals surface area contributed by atoms with Gasteiger partial charge in [-0.15, -0.1) is 0 Å². The van der Waals surface area contributed by atoms with Crippen molar-refractivity contribution in [3.8, 4) is 11.1 Å². The van der Waals surface area contributed by atoms with Gasteiger partial charge >= 0.3 is 24.9 Å². The Labute approximate surface area is 303 Å². The van der Waals surface area contributed by atoms with Crippen molar-refractivity contribution in [1.82, 2.24) is 15.5 Å². The van der Waals surface area contributed by atoms with Gasteiger partial charge in [-0.2, -0.15) is 11.8 Å². The van der Waals surface area contributed by atoms with Crippen molar-refractivity contribution in [2.75, 3.05) is 25.1 Å². The van der Waals surface area contributed by atoms with Crippen LogP contribution in [-0.4, -0.2) is 59.5 Å². The summed E-state index contributed by atoms with van der Waals surface area (Å²) in [7, 11) is 0. The van der Waals surface area contributed by atoms with E-state index >= 15 is 0 Å². The number of benzene rings is 2. The van der Waals surface area contributed by atoms with Crippen LogP contribution in [-0.2, 0) is 11.2 Å². The van der Waals surface area contributed by atoms with Gasteiger partial charge in [0.25, 0.3) is 5.91 Å². The molecule has 254 valence electrons. The number of carbonyl (C=O) groups excluding carboxylic acids is 3. The van der Waals surface area contributed by atoms with Gasteiger partial charge in [0.1, 0.15) is 0 Å². The van der Waals surface area contributed by atoms with Gasteiger partial charge in [0, 0.05) is 24.2 Å². The van der Waals surface area contributed by atoms with E-state index in [2.05, 4.69) is 21.6 Å². The van der Waals surface area contributed by atoms with Crippen LogP contribution in [0.1, 0.15) is 98.5 Å². The van der Waals surface area contributed by atoms with E-state index in [0.717, 1.165) is 65.8 Å². The minimum atomic E-state index is -1.27. The number of hydrogen-bond acceptors (Lipinski definition) is 5. The molecule has 7 rings (SSSR count). The fourth-order valence-electron chi connectivity index (χ4n) is 9.55. The van der Waals surface area contributed by atoms with Gasteiger partial charge in [-0.05, 0) is 135 Å². The molecule has 48 heavy (non-hydrogen) atoms. The first kappa shape index (κ1) is 36.9. The fourth-order valence-corrected chi connectivity index (χ4v) is 10.0. The van der Waals surface area contributed by atoms with Crippen LogP contribution in [0.2, 0.25) is 0 Å². The Kier molecular flexibility index (Phi) is 12.7. The number of urea groups is 1. The summed E-state index contributed by atoms with van der Waals surface area (Å²) in [6.45, 7) is 3.44. The fraction of sp³-hybridized carbons (Fsp3) is 0.615. The van der Waals surface area contributed by atoms with Crippen LogP contribution in [0.5, 0.6) is 0 Å². The minimum Gasteiger partial charge on any atom is -0.548 e. The van der Waals surface area contributed by atoms with Crippen molar-refractivity contribution in [3.63, 3.8) is 0 Å². The standard InChI is InChI=1S/C39H53N3O4S.Li/c1-26-8-6-7-11-32(26)34-21-27(12-13-33(34)36(43)40-35(37(44)45)15-17-47-2)14-16-42(25-28-9-4-3-5-10-28)38(46)41-39-22-29-18-30(23-39)20-31(19-29)24-39;/h6-8,11-13,21,28-31,35H,3-5,9-10,14-20,22-25H2,1-2H3,(H,40,43)(H,41,46)(H,44,45);/q;+1/p-1/t29?,30?,31?,35-,39?;/m0./s1. The minimum absolute atomic E-state index is 0. The predicted octanol–water partition coefficient (Wildman–Crippen LogP) is 3.37. The van der Waals surface area contributed by atoms with E-state index in [4.69, 9.17) is 0 Å². The maximum atomic E-state index is 14.1. The van der Waals surface area contributed by atoms with E-state index in [0.29, 0.717) is 36.6 Å². The molecule has 0 unspecified atom stereocenters. The van der Waals surface area contributed by atoms with Crippen LogP contribution in [0.15, 0.2) is 42.5 Å². The molecule has 2 aromatic carbocycles. The van der Waals surface area contributed by atoms with Crippen LogP contribution in [0.3, 0.4) is 0 Å². The first-order chi connectivity index (χ1) is 22.7. The SMILES string of the molecule is CSCC[C@H](NC(=O)c1ccc(CCN(CC2CCCCC2)C(=O)NC23CC4CC(CC(C4)C2)C3)cc1-c1ccccc1C)C(=O)[O-].[Li+]. The Morgan fingerprint density at radius 3 is 2.25 bits per heavy atom. The predicted molar refractivity (Wildman–Crippen MR) is 187 cm³/mol. The molecule has 0 saturated heterocycles. The molecular weight excluding hydrogens is 613 g/mol. The van der Waals surface area contributed by atoms with E-state index in [1.165, 1.54) is 63.1 Å². The van der Waals surface area contributed by atoms with Crippen molar-refractivity contribution in [2.45, 2.75) is 102 Å². The number of carbonyl (C=O) groups is 3. The van der Waals surface area contributed by atoms with Gasteiger partial charge < -0.3 is 25.4 Å². The number of aliphatic carboxylic acids is 1. The Hall–Kier alpha value is -2.40. The zero-order chi connectivity index (χ0) is 33.0. The molecule has 4 bridgehead atoms. The summed E-state index contributed by atoms with van der Waals surface area (Å²) in [4.78, 5) is 41.6. The molecule has 5 aliphatic rings. The molecule has 3 amide bonds. The second-order valence-electron chi connectivity index (χ2n) is 15.1. The molecule has 0 heterocycles. The van der Waals surface area contributed by atoms with E-state index in [1.54, 1.807) is 0 Å². The smallest absolute Gasteiger partial charge is 0.548 e. The van der Waals surface area contributed by atoms with Crippen molar-refractivity contribution in [2.24, 2.45) is 23.7 Å². The molecule has 5 fully saturated rings. The molecule has 9 heteroatoms. The van der Waals surface area contributed by atoms with Crippen molar-refractivity contribution in [1.29, 1.82) is 0 Å². The third-order valence-electron chi connectivity index (χ3n) is 11.5. The van der Waals surface area contributed by atoms with Gasteiger partial charge in [-0.3, -0.25) is 4.79 Å². The quantitative estimate of drug-likeness (QED) is 0.320. The summed E-state index contributed by atoms with van der Waals surface area (Å²) in [5, 5.41) is 18.2. The monoisotopic (exact) mass is 665 g/mol. The molecular formula is C39H52LiN3O4S. The largest absolute Gasteiger partial charge is 1.00 e. The van der Waals surface area contributed by atoms with E-state index < -0.39 is 17.9 Å². The van der Waals surface area contributed by atoms with Gasteiger partial charge in [0.05, 0.1) is 12.0 Å². The summed E-state index contributed by atoms with van der Waals surface area (Å²) >= 11 is 1.54. The normalized spacial score (nSPS) is 25.2. The zero-order valence-corrected chi connectivity index (χ0v) is 30.0. The van der Waals surface area contributed by atoms with Crippen LogP contribution in [0, 0.1) is 30.6 Å². The number of carboxylic acid groups (broad SMARTS) is 1. The molecule has 2 aromatic rings. The van der Waals surface area contributed by atoms with Gasteiger partial charge in [-0.1, -0.05) is 55.7 Å². The third kappa shape index (κ3) is 8.84. The summed E-state index contributed by atoms with van der Waals surface area (Å²) in [6, 6.07) is 12.8. The number of aryl methyl sites for hydroxylation is 1. The molecule has 0 aromatic heterocycles. The first-order valence-electron chi connectivity index (χ1n) is 18.0. The van der Waals surface area contributed by atoms with Crippen LogP contribution >= 0.6 is 11.8 Å². The number of amides is 3. The van der Waals surface area contributed by atoms with E-state index in [9.17, 15) is 19.5 Å². The van der Waals surface area contributed by atoms with Crippen LogP contribution in [0.4, 0.5) is 4.79 Å². The van der Waals surface area contributed by atoms with Crippen molar-refractivity contribution < 1.29 is 38.4 Å². The van der Waals surface area contributed by atoms with E-state index in [1.807, 2.05) is 49.6 Å². The average molecular weight is 666 g/mol. The molecule has 0 radical (unpaired) electrons. The summed E-state index contributed by atoms with van der Waals surface area (Å²) in [6.07, 6.45) is 16.5. The number of nitrogens with zero attached hydrogens (tertiary/aromatic N) is 1. The molecule has 5 aliphatic carbocycles. The molecule has 0 aliphatic heterocycles. The summed E-state index contributed by atoms with van der Waals surface area (Å²) in [5.74, 6) is 1.79. The first-order valence-corrected chi connectivity index (χ1v) is 19.4. The topological polar surface area (TPSA) is 102 Å².